The highest BCUT2D eigenvalue weighted by molar-refractivity contribution is 5.99. The van der Waals surface area contributed by atoms with E-state index in [0.29, 0.717) is 19.5 Å². The molecule has 0 radical (unpaired) electrons. The Hall–Kier alpha value is -1.33. The Morgan fingerprint density at radius 3 is 2.72 bits per heavy atom. The number of ketones is 1. The summed E-state index contributed by atoms with van der Waals surface area (Å²) in [5.74, 6) is -2.24. The second-order valence-electron chi connectivity index (χ2n) is 4.61. The molecule has 1 aromatic rings. The molecule has 0 spiro atoms. The maximum atomic E-state index is 13.1. The minimum Gasteiger partial charge on any atom is -0.392 e. The lowest BCUT2D eigenvalue weighted by Gasteiger charge is -2.22. The molecule has 0 amide bonds. The van der Waals surface area contributed by atoms with Crippen LogP contribution in [0.5, 0.6) is 0 Å². The first-order valence-corrected chi connectivity index (χ1v) is 5.90. The smallest absolute Gasteiger partial charge is 0.179 e. The number of hydrogen-bond acceptors (Lipinski definition) is 3. The number of aliphatic hydroxyl groups excluding tert-OH is 1. The zero-order valence-corrected chi connectivity index (χ0v) is 10.1. The maximum Gasteiger partial charge on any atom is 0.179 e. The number of rotatable bonds is 3. The third kappa shape index (κ3) is 2.57. The van der Waals surface area contributed by atoms with Gasteiger partial charge in [-0.25, -0.2) is 8.78 Å². The van der Waals surface area contributed by atoms with Crippen LogP contribution in [0.1, 0.15) is 23.7 Å². The van der Waals surface area contributed by atoms with Crippen molar-refractivity contribution in [3.8, 4) is 0 Å². The van der Waals surface area contributed by atoms with Gasteiger partial charge in [0.05, 0.1) is 12.1 Å². The average molecular weight is 255 g/mol. The van der Waals surface area contributed by atoms with Gasteiger partial charge in [0.25, 0.3) is 0 Å². The topological polar surface area (TPSA) is 40.5 Å². The number of nitrogens with zero attached hydrogens (tertiary/aromatic N) is 1. The lowest BCUT2D eigenvalue weighted by molar-refractivity contribution is 0.0846. The molecule has 1 N–H and O–H groups in total. The van der Waals surface area contributed by atoms with Gasteiger partial charge in [0.2, 0.25) is 0 Å². The highest BCUT2D eigenvalue weighted by atomic mass is 19.2. The number of hydrogen-bond donors (Lipinski definition) is 1. The van der Waals surface area contributed by atoms with Gasteiger partial charge in [-0.2, -0.15) is 0 Å². The molecule has 18 heavy (non-hydrogen) atoms. The third-order valence-electron chi connectivity index (χ3n) is 3.33. The molecule has 5 heteroatoms. The summed E-state index contributed by atoms with van der Waals surface area (Å²) in [6, 6.07) is 2.71. The summed E-state index contributed by atoms with van der Waals surface area (Å²) in [6.07, 6.45) is 0.222. The highest BCUT2D eigenvalue weighted by Gasteiger charge is 2.29. The van der Waals surface area contributed by atoms with Crippen LogP contribution in [0.25, 0.3) is 0 Å². The first kappa shape index (κ1) is 13.1. The lowest BCUT2D eigenvalue weighted by atomic mass is 10.0. The minimum atomic E-state index is -1.02. The van der Waals surface area contributed by atoms with Gasteiger partial charge in [-0.05, 0) is 31.5 Å². The van der Waals surface area contributed by atoms with E-state index in [0.717, 1.165) is 12.1 Å². The number of benzene rings is 1. The van der Waals surface area contributed by atoms with E-state index in [9.17, 15) is 18.7 Å². The Kier molecular flexibility index (Phi) is 3.73. The molecule has 0 saturated carbocycles. The Morgan fingerprint density at radius 2 is 2.17 bits per heavy atom. The van der Waals surface area contributed by atoms with Crippen LogP contribution in [0.4, 0.5) is 8.78 Å². The number of aliphatic hydroxyl groups is 1. The van der Waals surface area contributed by atoms with E-state index in [1.165, 1.54) is 6.07 Å². The fraction of sp³-hybridized carbons (Fsp3) is 0.462. The second-order valence-corrected chi connectivity index (χ2v) is 4.61. The molecule has 2 rings (SSSR count). The van der Waals surface area contributed by atoms with Crippen LogP contribution in [0, 0.1) is 11.6 Å². The predicted molar refractivity (Wildman–Crippen MR) is 62.3 cm³/mol. The fourth-order valence-electron chi connectivity index (χ4n) is 2.18. The predicted octanol–water partition coefficient (Wildman–Crippen LogP) is 1.60. The standard InChI is InChI=1S/C13H15F2NO2/c1-8(16-5-4-10(17)7-16)13(18)9-2-3-11(14)12(15)6-9/h2-3,6,8,10,17H,4-5,7H2,1H3. The Balaban J connectivity index is 2.12. The van der Waals surface area contributed by atoms with Gasteiger partial charge >= 0.3 is 0 Å². The van der Waals surface area contributed by atoms with Crippen LogP contribution in [-0.4, -0.2) is 41.0 Å². The Morgan fingerprint density at radius 1 is 1.44 bits per heavy atom. The van der Waals surface area contributed by atoms with E-state index in [1.807, 2.05) is 4.90 Å². The molecule has 0 bridgehead atoms. The largest absolute Gasteiger partial charge is 0.392 e. The Labute approximate surface area is 104 Å². The van der Waals surface area contributed by atoms with Crippen molar-refractivity contribution < 1.29 is 18.7 Å². The molecule has 2 atom stereocenters. The number of halogens is 2. The zero-order valence-electron chi connectivity index (χ0n) is 10.1. The Bertz CT molecular complexity index is 464. The number of carbonyl (C=O) groups excluding carboxylic acids is 1. The van der Waals surface area contributed by atoms with E-state index >= 15 is 0 Å². The molecule has 98 valence electrons. The van der Waals surface area contributed by atoms with Crippen molar-refractivity contribution in [1.29, 1.82) is 0 Å². The summed E-state index contributed by atoms with van der Waals surface area (Å²) in [6.45, 7) is 2.79. The molecular weight excluding hydrogens is 240 g/mol. The van der Waals surface area contributed by atoms with Crippen LogP contribution < -0.4 is 0 Å². The number of carbonyl (C=O) groups is 1. The number of Topliss-reactive ketones (excluding diaryl/α,β-unsaturated/α-hetero) is 1. The molecule has 1 heterocycles. The second kappa shape index (κ2) is 5.12. The fourth-order valence-corrected chi connectivity index (χ4v) is 2.18. The highest BCUT2D eigenvalue weighted by Crippen LogP contribution is 2.17. The van der Waals surface area contributed by atoms with Gasteiger partial charge in [0, 0.05) is 18.7 Å². The van der Waals surface area contributed by atoms with Crippen molar-refractivity contribution in [3.63, 3.8) is 0 Å². The van der Waals surface area contributed by atoms with Gasteiger partial charge in [0.15, 0.2) is 17.4 Å². The molecule has 1 saturated heterocycles. The molecular formula is C13H15F2NO2. The van der Waals surface area contributed by atoms with E-state index in [4.69, 9.17) is 0 Å². The van der Waals surface area contributed by atoms with Crippen LogP contribution in [0.2, 0.25) is 0 Å². The number of likely N-dealkylation sites (tertiary alicyclic amines) is 1. The van der Waals surface area contributed by atoms with E-state index in [1.54, 1.807) is 6.92 Å². The molecule has 3 nitrogen and oxygen atoms in total. The van der Waals surface area contributed by atoms with E-state index in [-0.39, 0.29) is 11.3 Å². The van der Waals surface area contributed by atoms with Gasteiger partial charge in [0.1, 0.15) is 0 Å². The molecule has 1 aliphatic heterocycles. The molecule has 1 aliphatic rings. The van der Waals surface area contributed by atoms with Crippen molar-refractivity contribution in [1.82, 2.24) is 4.90 Å². The summed E-state index contributed by atoms with van der Waals surface area (Å²) >= 11 is 0. The molecule has 0 aliphatic carbocycles. The van der Waals surface area contributed by atoms with Crippen LogP contribution in [-0.2, 0) is 0 Å². The van der Waals surface area contributed by atoms with Crippen LogP contribution in [0.15, 0.2) is 18.2 Å². The summed E-state index contributed by atoms with van der Waals surface area (Å²) in [5, 5.41) is 9.42. The maximum absolute atomic E-state index is 13.1. The summed E-state index contributed by atoms with van der Waals surface area (Å²) in [7, 11) is 0. The SMILES string of the molecule is CC(C(=O)c1ccc(F)c(F)c1)N1CCC(O)C1. The molecule has 1 aromatic carbocycles. The zero-order chi connectivity index (χ0) is 13.3. The summed E-state index contributed by atoms with van der Waals surface area (Å²) < 4.78 is 25.8. The van der Waals surface area contributed by atoms with E-state index in [2.05, 4.69) is 0 Å². The average Bonchev–Trinajstić information content (AvgIpc) is 2.77. The molecule has 1 fully saturated rings. The monoisotopic (exact) mass is 255 g/mol. The van der Waals surface area contributed by atoms with Crippen molar-refractivity contribution >= 4 is 5.78 Å². The van der Waals surface area contributed by atoms with Gasteiger partial charge in [-0.1, -0.05) is 0 Å². The quantitative estimate of drug-likeness (QED) is 0.834. The van der Waals surface area contributed by atoms with E-state index < -0.39 is 23.8 Å². The van der Waals surface area contributed by atoms with Gasteiger partial charge in [-0.3, -0.25) is 9.69 Å². The summed E-state index contributed by atoms with van der Waals surface area (Å²) in [5.41, 5.74) is 0.155. The number of β-amino-alcohol motifs (C(OH)–C–C–N with tert-alkyl or cyclic N) is 1. The molecule has 0 aromatic heterocycles. The third-order valence-corrected chi connectivity index (χ3v) is 3.33. The van der Waals surface area contributed by atoms with Crippen molar-refractivity contribution in [2.45, 2.75) is 25.5 Å². The van der Waals surface area contributed by atoms with Gasteiger partial charge in [-0.15, -0.1) is 0 Å². The van der Waals surface area contributed by atoms with Crippen molar-refractivity contribution in [2.75, 3.05) is 13.1 Å². The van der Waals surface area contributed by atoms with Crippen molar-refractivity contribution in [3.05, 3.63) is 35.4 Å². The van der Waals surface area contributed by atoms with Crippen LogP contribution >= 0.6 is 0 Å². The van der Waals surface area contributed by atoms with Gasteiger partial charge < -0.3 is 5.11 Å². The molecule has 2 unspecified atom stereocenters. The summed E-state index contributed by atoms with van der Waals surface area (Å²) in [4.78, 5) is 13.9. The first-order chi connectivity index (χ1) is 8.49. The minimum absolute atomic E-state index is 0.155. The first-order valence-electron chi connectivity index (χ1n) is 5.90. The normalized spacial score (nSPS) is 22.1. The lowest BCUT2D eigenvalue weighted by Crippen LogP contribution is -2.38. The van der Waals surface area contributed by atoms with Crippen molar-refractivity contribution in [2.24, 2.45) is 0 Å². The van der Waals surface area contributed by atoms with Crippen LogP contribution in [0.3, 0.4) is 0 Å².